The second kappa shape index (κ2) is 8.93. The van der Waals surface area contributed by atoms with Crippen molar-refractivity contribution in [2.24, 2.45) is 0 Å². The Hall–Kier alpha value is -2.14. The van der Waals surface area contributed by atoms with Crippen molar-refractivity contribution in [3.63, 3.8) is 0 Å². The zero-order chi connectivity index (χ0) is 21.1. The van der Waals surface area contributed by atoms with Crippen LogP contribution < -0.4 is 4.90 Å². The molecule has 1 fully saturated rings. The van der Waals surface area contributed by atoms with Gasteiger partial charge in [0.1, 0.15) is 22.7 Å². The zero-order valence-electron chi connectivity index (χ0n) is 17.4. The molecule has 0 aliphatic carbocycles. The van der Waals surface area contributed by atoms with Gasteiger partial charge in [-0.15, -0.1) is 11.8 Å². The van der Waals surface area contributed by atoms with E-state index in [4.69, 9.17) is 14.5 Å². The van der Waals surface area contributed by atoms with Crippen molar-refractivity contribution in [3.05, 3.63) is 52.3 Å². The molecule has 2 aliphatic rings. The molecular formula is C23H26FN3O2S. The highest BCUT2D eigenvalue weighted by Gasteiger charge is 2.33. The van der Waals surface area contributed by atoms with Crippen molar-refractivity contribution >= 4 is 17.6 Å². The average Bonchev–Trinajstić information content (AvgIpc) is 2.73. The quantitative estimate of drug-likeness (QED) is 0.669. The Kier molecular flexibility index (Phi) is 6.28. The molecule has 2 aliphatic heterocycles. The fraction of sp³-hybridized carbons (Fsp3) is 0.478. The van der Waals surface area contributed by atoms with E-state index < -0.39 is 0 Å². The number of pyridine rings is 1. The van der Waals surface area contributed by atoms with Crippen LogP contribution in [0.2, 0.25) is 0 Å². The van der Waals surface area contributed by atoms with Gasteiger partial charge in [-0.05, 0) is 43.5 Å². The molecule has 0 amide bonds. The minimum Gasteiger partial charge on any atom is -0.378 e. The number of rotatable bonds is 5. The molecule has 0 saturated carbocycles. The van der Waals surface area contributed by atoms with Crippen molar-refractivity contribution in [3.8, 4) is 6.07 Å². The number of benzene rings is 1. The number of aromatic nitrogens is 1. The summed E-state index contributed by atoms with van der Waals surface area (Å²) in [7, 11) is 0. The van der Waals surface area contributed by atoms with Gasteiger partial charge in [0.05, 0.1) is 31.0 Å². The Morgan fingerprint density at radius 1 is 1.27 bits per heavy atom. The second-order valence-electron chi connectivity index (χ2n) is 8.24. The van der Waals surface area contributed by atoms with Gasteiger partial charge in [0, 0.05) is 30.8 Å². The summed E-state index contributed by atoms with van der Waals surface area (Å²) in [6.07, 6.45) is 1.40. The first-order valence-corrected chi connectivity index (χ1v) is 11.2. The molecular weight excluding hydrogens is 401 g/mol. The van der Waals surface area contributed by atoms with Crippen LogP contribution in [0.5, 0.6) is 0 Å². The smallest absolute Gasteiger partial charge is 0.135 e. The third kappa shape index (κ3) is 4.61. The summed E-state index contributed by atoms with van der Waals surface area (Å²) in [5, 5.41) is 10.7. The zero-order valence-corrected chi connectivity index (χ0v) is 18.2. The molecule has 0 unspecified atom stereocenters. The summed E-state index contributed by atoms with van der Waals surface area (Å²) < 4.78 is 25.0. The predicted molar refractivity (Wildman–Crippen MR) is 115 cm³/mol. The van der Waals surface area contributed by atoms with E-state index in [1.54, 1.807) is 23.9 Å². The number of ether oxygens (including phenoxy) is 2. The molecule has 7 heteroatoms. The first-order valence-electron chi connectivity index (χ1n) is 10.3. The maximum atomic E-state index is 13.5. The molecule has 1 saturated heterocycles. The van der Waals surface area contributed by atoms with Crippen molar-refractivity contribution in [2.75, 3.05) is 37.0 Å². The van der Waals surface area contributed by atoms with Crippen LogP contribution in [0.25, 0.3) is 0 Å². The number of hydrogen-bond donors (Lipinski definition) is 0. The lowest BCUT2D eigenvalue weighted by molar-refractivity contribution is -0.0402. The number of nitrogens with zero attached hydrogens (tertiary/aromatic N) is 3. The van der Waals surface area contributed by atoms with Gasteiger partial charge < -0.3 is 14.4 Å². The lowest BCUT2D eigenvalue weighted by atomic mass is 9.89. The summed E-state index contributed by atoms with van der Waals surface area (Å²) >= 11 is 1.57. The lowest BCUT2D eigenvalue weighted by Crippen LogP contribution is -2.39. The van der Waals surface area contributed by atoms with Crippen molar-refractivity contribution < 1.29 is 13.9 Å². The molecule has 0 spiro atoms. The van der Waals surface area contributed by atoms with E-state index >= 15 is 0 Å². The SMILES string of the molecule is CC1(C)Cc2c(C#N)c(SCCc3cccc(F)c3)nc(N3CCOCC3)c2CO1. The average molecular weight is 428 g/mol. The molecule has 158 valence electrons. The van der Waals surface area contributed by atoms with Crippen LogP contribution in [0.3, 0.4) is 0 Å². The molecule has 3 heterocycles. The van der Waals surface area contributed by atoms with Crippen LogP contribution >= 0.6 is 11.8 Å². The van der Waals surface area contributed by atoms with Crippen molar-refractivity contribution in [2.45, 2.75) is 43.9 Å². The molecule has 30 heavy (non-hydrogen) atoms. The summed E-state index contributed by atoms with van der Waals surface area (Å²) in [4.78, 5) is 7.17. The summed E-state index contributed by atoms with van der Waals surface area (Å²) in [5.74, 6) is 1.42. The molecule has 0 atom stereocenters. The monoisotopic (exact) mass is 427 g/mol. The van der Waals surface area contributed by atoms with Gasteiger partial charge in [0.2, 0.25) is 0 Å². The summed E-state index contributed by atoms with van der Waals surface area (Å²) in [6.45, 7) is 7.48. The number of nitriles is 1. The van der Waals surface area contributed by atoms with Gasteiger partial charge in [-0.25, -0.2) is 9.37 Å². The maximum Gasteiger partial charge on any atom is 0.135 e. The Bertz CT molecular complexity index is 968. The number of hydrogen-bond acceptors (Lipinski definition) is 6. The third-order valence-corrected chi connectivity index (χ3v) is 6.49. The Balaban J connectivity index is 1.65. The van der Waals surface area contributed by atoms with E-state index in [1.807, 2.05) is 6.07 Å². The predicted octanol–water partition coefficient (Wildman–Crippen LogP) is 4.12. The number of halogens is 1. The Morgan fingerprint density at radius 3 is 2.80 bits per heavy atom. The van der Waals surface area contributed by atoms with E-state index in [2.05, 4.69) is 24.8 Å². The number of morpholine rings is 1. The lowest BCUT2D eigenvalue weighted by Gasteiger charge is -2.36. The molecule has 1 aromatic carbocycles. The second-order valence-corrected chi connectivity index (χ2v) is 9.32. The highest BCUT2D eigenvalue weighted by Crippen LogP contribution is 2.38. The van der Waals surface area contributed by atoms with Gasteiger partial charge in [0.25, 0.3) is 0 Å². The summed E-state index contributed by atoms with van der Waals surface area (Å²) in [6, 6.07) is 9.07. The van der Waals surface area contributed by atoms with Gasteiger partial charge in [-0.2, -0.15) is 5.26 Å². The maximum absolute atomic E-state index is 13.5. The van der Waals surface area contributed by atoms with Crippen molar-refractivity contribution in [1.82, 2.24) is 4.98 Å². The number of anilines is 1. The molecule has 0 bridgehead atoms. The van der Waals surface area contributed by atoms with Crippen LogP contribution in [-0.4, -0.2) is 42.6 Å². The molecule has 2 aromatic rings. The Labute approximate surface area is 181 Å². The summed E-state index contributed by atoms with van der Waals surface area (Å²) in [5.41, 5.74) is 3.37. The van der Waals surface area contributed by atoms with Gasteiger partial charge in [-0.1, -0.05) is 12.1 Å². The van der Waals surface area contributed by atoms with Crippen LogP contribution in [0, 0.1) is 17.1 Å². The molecule has 1 aromatic heterocycles. The van der Waals surface area contributed by atoms with Crippen LogP contribution in [0.15, 0.2) is 29.3 Å². The van der Waals surface area contributed by atoms with Crippen molar-refractivity contribution in [1.29, 1.82) is 5.26 Å². The van der Waals surface area contributed by atoms with Crippen LogP contribution in [0.1, 0.15) is 36.1 Å². The van der Waals surface area contributed by atoms with E-state index in [0.717, 1.165) is 46.4 Å². The molecule has 4 rings (SSSR count). The highest BCUT2D eigenvalue weighted by atomic mass is 32.2. The fourth-order valence-electron chi connectivity index (χ4n) is 3.94. The van der Waals surface area contributed by atoms with Crippen LogP contribution in [0.4, 0.5) is 10.2 Å². The number of thioether (sulfide) groups is 1. The first kappa shape index (κ1) is 21.1. The number of fused-ring (bicyclic) bond motifs is 1. The molecule has 5 nitrogen and oxygen atoms in total. The number of aryl methyl sites for hydroxylation is 1. The van der Waals surface area contributed by atoms with E-state index in [1.165, 1.54) is 6.07 Å². The molecule has 0 radical (unpaired) electrons. The van der Waals surface area contributed by atoms with E-state index in [-0.39, 0.29) is 11.4 Å². The topological polar surface area (TPSA) is 58.4 Å². The van der Waals surface area contributed by atoms with Gasteiger partial charge in [-0.3, -0.25) is 0 Å². The van der Waals surface area contributed by atoms with E-state index in [0.29, 0.717) is 38.2 Å². The largest absolute Gasteiger partial charge is 0.378 e. The third-order valence-electron chi connectivity index (χ3n) is 5.51. The standard InChI is InChI=1S/C23H26FN3O2S/c1-23(2)13-18-19(14-25)22(30-11-6-16-4-3-5-17(24)12-16)26-21(20(18)15-29-23)27-7-9-28-10-8-27/h3-5,12H,6-11,13,15H2,1-2H3. The van der Waals surface area contributed by atoms with Gasteiger partial charge >= 0.3 is 0 Å². The van der Waals surface area contributed by atoms with Gasteiger partial charge in [0.15, 0.2) is 0 Å². The highest BCUT2D eigenvalue weighted by molar-refractivity contribution is 7.99. The first-order chi connectivity index (χ1) is 14.5. The normalized spacial score (nSPS) is 18.0. The molecule has 0 N–H and O–H groups in total. The van der Waals surface area contributed by atoms with Crippen LogP contribution in [-0.2, 0) is 28.9 Å². The van der Waals surface area contributed by atoms with E-state index in [9.17, 15) is 9.65 Å². The minimum atomic E-state index is -0.314. The fourth-order valence-corrected chi connectivity index (χ4v) is 4.94. The minimum absolute atomic E-state index is 0.223. The Morgan fingerprint density at radius 2 is 2.07 bits per heavy atom.